The van der Waals surface area contributed by atoms with E-state index in [2.05, 4.69) is 20.4 Å². The third kappa shape index (κ3) is 3.89. The van der Waals surface area contributed by atoms with Crippen LogP contribution in [0.15, 0.2) is 28.7 Å². The maximum absolute atomic E-state index is 12.3. The number of hydrogen-bond donors (Lipinski definition) is 1. The minimum Gasteiger partial charge on any atom is -0.458 e. The summed E-state index contributed by atoms with van der Waals surface area (Å²) in [4.78, 5) is 26.6. The Kier molecular flexibility index (Phi) is 4.82. The Morgan fingerprint density at radius 2 is 1.93 bits per heavy atom. The molecular weight excluding hydrogens is 360 g/mol. The summed E-state index contributed by atoms with van der Waals surface area (Å²) in [6.07, 6.45) is 1.46. The first kappa shape index (κ1) is 18.2. The first-order chi connectivity index (χ1) is 13.5. The van der Waals surface area contributed by atoms with Gasteiger partial charge in [0, 0.05) is 24.8 Å². The van der Waals surface area contributed by atoms with Crippen molar-refractivity contribution >= 4 is 11.9 Å². The molecule has 0 radical (unpaired) electrons. The summed E-state index contributed by atoms with van der Waals surface area (Å²) in [5.41, 5.74) is 1.79. The molecular formula is C19H22N6O3. The van der Waals surface area contributed by atoms with Crippen molar-refractivity contribution in [2.45, 2.75) is 33.6 Å². The number of nitrogens with one attached hydrogen (secondary N) is 1. The minimum atomic E-state index is -0.582. The van der Waals surface area contributed by atoms with Crippen LogP contribution >= 0.6 is 0 Å². The van der Waals surface area contributed by atoms with Gasteiger partial charge < -0.3 is 9.25 Å². The molecule has 1 amide bonds. The normalized spacial score (nSPS) is 14.4. The van der Waals surface area contributed by atoms with Gasteiger partial charge in [-0.25, -0.2) is 19.4 Å². The van der Waals surface area contributed by atoms with Crippen LogP contribution in [0.3, 0.4) is 0 Å². The van der Waals surface area contributed by atoms with Gasteiger partial charge in [0.1, 0.15) is 11.6 Å². The number of aryl methyl sites for hydroxylation is 3. The first-order valence-corrected chi connectivity index (χ1v) is 9.21. The zero-order chi connectivity index (χ0) is 19.7. The van der Waals surface area contributed by atoms with Crippen molar-refractivity contribution < 1.29 is 14.0 Å². The minimum absolute atomic E-state index is 0.311. The molecule has 28 heavy (non-hydrogen) atoms. The van der Waals surface area contributed by atoms with Crippen molar-refractivity contribution in [2.75, 3.05) is 18.4 Å². The van der Waals surface area contributed by atoms with E-state index in [0.717, 1.165) is 43.1 Å². The second-order valence-electron chi connectivity index (χ2n) is 6.82. The summed E-state index contributed by atoms with van der Waals surface area (Å²) < 4.78 is 7.36. The average Bonchev–Trinajstić information content (AvgIpc) is 3.37. The highest BCUT2D eigenvalue weighted by molar-refractivity contribution is 5.83. The topological polar surface area (TPSA) is 98.3 Å². The summed E-state index contributed by atoms with van der Waals surface area (Å²) in [7, 11) is 0. The molecule has 146 valence electrons. The monoisotopic (exact) mass is 382 g/mol. The lowest BCUT2D eigenvalue weighted by atomic mass is 10.4. The van der Waals surface area contributed by atoms with Gasteiger partial charge in [0.2, 0.25) is 0 Å². The zero-order valence-electron chi connectivity index (χ0n) is 16.1. The fourth-order valence-corrected chi connectivity index (χ4v) is 3.16. The fourth-order valence-electron chi connectivity index (χ4n) is 3.16. The van der Waals surface area contributed by atoms with E-state index in [1.54, 1.807) is 21.9 Å². The number of carbonyl (C=O) groups excluding carboxylic acids is 1. The molecule has 1 aliphatic heterocycles. The van der Waals surface area contributed by atoms with Gasteiger partial charge in [-0.05, 0) is 51.8 Å². The van der Waals surface area contributed by atoms with Gasteiger partial charge in [-0.1, -0.05) is 0 Å². The molecule has 0 aliphatic carbocycles. The summed E-state index contributed by atoms with van der Waals surface area (Å²) in [6.45, 7) is 7.18. The maximum atomic E-state index is 12.3. The van der Waals surface area contributed by atoms with Gasteiger partial charge in [0.25, 0.3) is 0 Å². The molecule has 0 saturated carbocycles. The number of hydroxylamine groups is 2. The zero-order valence-corrected chi connectivity index (χ0v) is 16.1. The molecule has 9 nitrogen and oxygen atoms in total. The van der Waals surface area contributed by atoms with E-state index in [9.17, 15) is 4.79 Å². The fraction of sp³-hybridized carbons (Fsp3) is 0.368. The third-order valence-corrected chi connectivity index (χ3v) is 4.41. The molecule has 0 bridgehead atoms. The maximum Gasteiger partial charge on any atom is 0.431 e. The number of anilines is 1. The molecule has 0 spiro atoms. The molecule has 9 heteroatoms. The van der Waals surface area contributed by atoms with Crippen LogP contribution < -0.4 is 5.32 Å². The van der Waals surface area contributed by atoms with Crippen LogP contribution in [0, 0.1) is 20.8 Å². The van der Waals surface area contributed by atoms with Crippen LogP contribution in [-0.4, -0.2) is 44.0 Å². The Bertz CT molecular complexity index is 1000. The van der Waals surface area contributed by atoms with E-state index in [0.29, 0.717) is 23.2 Å². The standard InChI is InChI=1S/C19H22N6O3/c1-12-10-13(2)25(23-12)17-11-16(21-19(26)28-24-8-4-5-9-24)20-18(22-17)15-7-6-14(3)27-15/h6-7,10-11H,4-5,8-9H2,1-3H3,(H,20,21,22,26). The average molecular weight is 382 g/mol. The number of aromatic nitrogens is 4. The molecule has 1 aliphatic rings. The SMILES string of the molecule is Cc1cc(C)n(-c2cc(NC(=O)ON3CCCC3)nc(-c3ccc(C)o3)n2)n1. The van der Waals surface area contributed by atoms with E-state index in [1.165, 1.54) is 0 Å². The lowest BCUT2D eigenvalue weighted by Crippen LogP contribution is -2.27. The van der Waals surface area contributed by atoms with Gasteiger partial charge >= 0.3 is 6.09 Å². The Morgan fingerprint density at radius 3 is 2.57 bits per heavy atom. The highest BCUT2D eigenvalue weighted by Crippen LogP contribution is 2.23. The van der Waals surface area contributed by atoms with Crippen molar-refractivity contribution in [2.24, 2.45) is 0 Å². The van der Waals surface area contributed by atoms with Gasteiger partial charge in [-0.15, -0.1) is 5.06 Å². The van der Waals surface area contributed by atoms with Crippen molar-refractivity contribution in [1.29, 1.82) is 0 Å². The summed E-state index contributed by atoms with van der Waals surface area (Å²) in [6, 6.07) is 7.24. The molecule has 0 unspecified atom stereocenters. The largest absolute Gasteiger partial charge is 0.458 e. The number of amides is 1. The van der Waals surface area contributed by atoms with Crippen LogP contribution in [0.1, 0.15) is 30.0 Å². The molecule has 1 N–H and O–H groups in total. The number of furan rings is 1. The molecule has 1 fully saturated rings. The Labute approximate surface area is 162 Å². The number of rotatable bonds is 4. The Hall–Kier alpha value is -3.20. The van der Waals surface area contributed by atoms with Crippen LogP contribution in [0.4, 0.5) is 10.6 Å². The molecule has 3 aromatic rings. The Morgan fingerprint density at radius 1 is 1.14 bits per heavy atom. The lowest BCUT2D eigenvalue weighted by Gasteiger charge is -2.15. The van der Waals surface area contributed by atoms with E-state index in [-0.39, 0.29) is 0 Å². The molecule has 0 aromatic carbocycles. The van der Waals surface area contributed by atoms with E-state index in [1.807, 2.05) is 32.9 Å². The summed E-state index contributed by atoms with van der Waals surface area (Å²) >= 11 is 0. The first-order valence-electron chi connectivity index (χ1n) is 9.21. The van der Waals surface area contributed by atoms with Crippen molar-refractivity contribution in [3.8, 4) is 17.4 Å². The van der Waals surface area contributed by atoms with Gasteiger partial charge in [-0.2, -0.15) is 5.10 Å². The molecule has 4 rings (SSSR count). The van der Waals surface area contributed by atoms with Gasteiger partial charge in [0.05, 0.1) is 5.69 Å². The second kappa shape index (κ2) is 7.43. The van der Waals surface area contributed by atoms with Crippen LogP contribution in [-0.2, 0) is 4.84 Å². The highest BCUT2D eigenvalue weighted by Gasteiger charge is 2.19. The second-order valence-corrected chi connectivity index (χ2v) is 6.82. The van der Waals surface area contributed by atoms with Crippen molar-refractivity contribution in [3.63, 3.8) is 0 Å². The van der Waals surface area contributed by atoms with Gasteiger partial charge in [-0.3, -0.25) is 5.32 Å². The number of hydrogen-bond acceptors (Lipinski definition) is 7. The lowest BCUT2D eigenvalue weighted by molar-refractivity contribution is -0.0739. The van der Waals surface area contributed by atoms with Crippen LogP contribution in [0.2, 0.25) is 0 Å². The number of carbonyl (C=O) groups is 1. The molecule has 4 heterocycles. The molecule has 3 aromatic heterocycles. The van der Waals surface area contributed by atoms with E-state index < -0.39 is 6.09 Å². The summed E-state index contributed by atoms with van der Waals surface area (Å²) in [5, 5.41) is 8.80. The Balaban J connectivity index is 1.67. The van der Waals surface area contributed by atoms with Crippen LogP contribution in [0.25, 0.3) is 17.4 Å². The highest BCUT2D eigenvalue weighted by atomic mass is 16.7. The van der Waals surface area contributed by atoms with Gasteiger partial charge in [0.15, 0.2) is 17.4 Å². The smallest absolute Gasteiger partial charge is 0.431 e. The number of nitrogens with zero attached hydrogens (tertiary/aromatic N) is 5. The molecule has 1 saturated heterocycles. The predicted molar refractivity (Wildman–Crippen MR) is 102 cm³/mol. The predicted octanol–water partition coefficient (Wildman–Crippen LogP) is 3.41. The third-order valence-electron chi connectivity index (χ3n) is 4.41. The van der Waals surface area contributed by atoms with E-state index in [4.69, 9.17) is 9.25 Å². The summed E-state index contributed by atoms with van der Waals surface area (Å²) in [5.74, 6) is 2.46. The van der Waals surface area contributed by atoms with Crippen LogP contribution in [0.5, 0.6) is 0 Å². The quantitative estimate of drug-likeness (QED) is 0.738. The van der Waals surface area contributed by atoms with Crippen molar-refractivity contribution in [3.05, 3.63) is 41.4 Å². The van der Waals surface area contributed by atoms with E-state index >= 15 is 0 Å². The van der Waals surface area contributed by atoms with Crippen molar-refractivity contribution in [1.82, 2.24) is 24.8 Å². The molecule has 0 atom stereocenters.